The van der Waals surface area contributed by atoms with Crippen LogP contribution in [0.15, 0.2) is 128 Å². The first-order valence-corrected chi connectivity index (χ1v) is 14.6. The molecular formula is C36H21N5S. The molecule has 6 heteroatoms. The Balaban J connectivity index is 1.36. The first kappa shape index (κ1) is 23.3. The first-order chi connectivity index (χ1) is 20.8. The van der Waals surface area contributed by atoms with Crippen molar-refractivity contribution in [3.05, 3.63) is 128 Å². The van der Waals surface area contributed by atoms with E-state index in [0.29, 0.717) is 5.95 Å². The quantitative estimate of drug-likeness (QED) is 0.218. The number of hydrogen-bond acceptors (Lipinski definition) is 5. The predicted molar refractivity (Wildman–Crippen MR) is 173 cm³/mol. The summed E-state index contributed by atoms with van der Waals surface area (Å²) in [6.07, 6.45) is 3.53. The highest BCUT2D eigenvalue weighted by Crippen LogP contribution is 2.42. The molecule has 0 saturated carbocycles. The van der Waals surface area contributed by atoms with Gasteiger partial charge in [-0.2, -0.15) is 0 Å². The molecule has 5 nitrogen and oxygen atoms in total. The Labute approximate surface area is 244 Å². The average Bonchev–Trinajstić information content (AvgIpc) is 3.60. The lowest BCUT2D eigenvalue weighted by Gasteiger charge is -2.12. The molecule has 5 aromatic carbocycles. The third kappa shape index (κ3) is 3.42. The number of nitrogens with zero attached hydrogens (tertiary/aromatic N) is 5. The van der Waals surface area contributed by atoms with E-state index in [-0.39, 0.29) is 0 Å². The molecule has 0 N–H and O–H groups in total. The van der Waals surface area contributed by atoms with Crippen LogP contribution in [0.1, 0.15) is 0 Å². The Bertz CT molecular complexity index is 2460. The van der Waals surface area contributed by atoms with Crippen molar-refractivity contribution in [2.45, 2.75) is 0 Å². The molecule has 0 aliphatic heterocycles. The van der Waals surface area contributed by atoms with Gasteiger partial charge in [-0.25, -0.2) is 19.9 Å². The molecule has 196 valence electrons. The summed E-state index contributed by atoms with van der Waals surface area (Å²) in [5.74, 6) is 0.642. The van der Waals surface area contributed by atoms with Gasteiger partial charge >= 0.3 is 0 Å². The van der Waals surface area contributed by atoms with Gasteiger partial charge in [0.05, 0.1) is 32.5 Å². The Hall–Kier alpha value is -5.46. The van der Waals surface area contributed by atoms with Crippen molar-refractivity contribution in [2.75, 3.05) is 0 Å². The molecule has 0 spiro atoms. The molecule has 0 amide bonds. The molecular weight excluding hydrogens is 534 g/mol. The summed E-state index contributed by atoms with van der Waals surface area (Å²) in [5.41, 5.74) is 8.32. The summed E-state index contributed by atoms with van der Waals surface area (Å²) in [5, 5.41) is 4.44. The maximum absolute atomic E-state index is 5.31. The minimum atomic E-state index is 0.642. The molecule has 9 rings (SSSR count). The van der Waals surface area contributed by atoms with E-state index in [2.05, 4.69) is 107 Å². The Morgan fingerprint density at radius 2 is 1.31 bits per heavy atom. The van der Waals surface area contributed by atoms with Crippen molar-refractivity contribution >= 4 is 64.3 Å². The third-order valence-electron chi connectivity index (χ3n) is 7.99. The van der Waals surface area contributed by atoms with E-state index in [1.165, 1.54) is 15.8 Å². The molecule has 0 aliphatic carbocycles. The number of rotatable bonds is 3. The molecule has 4 heterocycles. The summed E-state index contributed by atoms with van der Waals surface area (Å²) in [6, 6.07) is 40.3. The van der Waals surface area contributed by atoms with Gasteiger partial charge in [0.25, 0.3) is 0 Å². The third-order valence-corrected chi connectivity index (χ3v) is 9.07. The second-order valence-electron chi connectivity index (χ2n) is 10.4. The molecule has 9 aromatic rings. The van der Waals surface area contributed by atoms with Gasteiger partial charge in [0.2, 0.25) is 5.95 Å². The van der Waals surface area contributed by atoms with Crippen LogP contribution in [0, 0.1) is 0 Å². The Morgan fingerprint density at radius 1 is 0.571 bits per heavy atom. The number of hydrogen-bond donors (Lipinski definition) is 0. The predicted octanol–water partition coefficient (Wildman–Crippen LogP) is 9.22. The van der Waals surface area contributed by atoms with Crippen LogP contribution >= 0.6 is 11.3 Å². The summed E-state index contributed by atoms with van der Waals surface area (Å²) in [4.78, 5) is 19.5. The van der Waals surface area contributed by atoms with Crippen molar-refractivity contribution in [2.24, 2.45) is 0 Å². The minimum absolute atomic E-state index is 0.642. The monoisotopic (exact) mass is 555 g/mol. The molecule has 0 radical (unpaired) electrons. The number of para-hydroxylation sites is 2. The lowest BCUT2D eigenvalue weighted by atomic mass is 10.0. The van der Waals surface area contributed by atoms with Crippen LogP contribution < -0.4 is 0 Å². The zero-order valence-corrected chi connectivity index (χ0v) is 23.1. The van der Waals surface area contributed by atoms with Crippen LogP contribution in [-0.4, -0.2) is 24.5 Å². The Morgan fingerprint density at radius 3 is 2.19 bits per heavy atom. The van der Waals surface area contributed by atoms with Gasteiger partial charge in [-0.1, -0.05) is 97.1 Å². The molecule has 0 aliphatic rings. The van der Waals surface area contributed by atoms with E-state index in [1.54, 1.807) is 17.7 Å². The maximum Gasteiger partial charge on any atom is 0.235 e. The van der Waals surface area contributed by atoms with Gasteiger partial charge in [0.1, 0.15) is 6.33 Å². The van der Waals surface area contributed by atoms with Crippen molar-refractivity contribution < 1.29 is 0 Å². The van der Waals surface area contributed by atoms with Crippen molar-refractivity contribution in [1.82, 2.24) is 24.5 Å². The second-order valence-corrected chi connectivity index (χ2v) is 11.4. The minimum Gasteiger partial charge on any atom is -0.277 e. The van der Waals surface area contributed by atoms with E-state index in [0.717, 1.165) is 59.6 Å². The zero-order chi connectivity index (χ0) is 27.6. The highest BCUT2D eigenvalue weighted by molar-refractivity contribution is 7.25. The van der Waals surface area contributed by atoms with E-state index in [4.69, 9.17) is 15.0 Å². The van der Waals surface area contributed by atoms with Gasteiger partial charge < -0.3 is 0 Å². The average molecular weight is 556 g/mol. The highest BCUT2D eigenvalue weighted by atomic mass is 32.1. The standard InChI is InChI=1S/C36H21N5S/c1-2-8-22(9-3-1)23-14-16-24(17-15-23)33-27-11-4-6-12-28(27)39-36(40-33)41-29-13-7-5-10-25(29)26-18-19-30-32(35(26)41)34-31(42-30)20-37-21-38-34/h1-21H. The molecule has 4 aromatic heterocycles. The van der Waals surface area contributed by atoms with E-state index in [1.807, 2.05) is 24.4 Å². The smallest absolute Gasteiger partial charge is 0.235 e. The van der Waals surface area contributed by atoms with Gasteiger partial charge in [-0.15, -0.1) is 11.3 Å². The molecule has 42 heavy (non-hydrogen) atoms. The van der Waals surface area contributed by atoms with Crippen LogP contribution in [0.5, 0.6) is 0 Å². The van der Waals surface area contributed by atoms with Crippen LogP contribution in [0.3, 0.4) is 0 Å². The molecule has 0 bridgehead atoms. The molecule has 0 atom stereocenters. The normalized spacial score (nSPS) is 11.8. The summed E-state index contributed by atoms with van der Waals surface area (Å²) >= 11 is 1.71. The lowest BCUT2D eigenvalue weighted by Crippen LogP contribution is -2.03. The molecule has 0 unspecified atom stereocenters. The van der Waals surface area contributed by atoms with Gasteiger partial charge in [0.15, 0.2) is 0 Å². The first-order valence-electron chi connectivity index (χ1n) is 13.8. The lowest BCUT2D eigenvalue weighted by molar-refractivity contribution is 1.02. The van der Waals surface area contributed by atoms with Crippen LogP contribution in [-0.2, 0) is 0 Å². The van der Waals surface area contributed by atoms with Crippen molar-refractivity contribution in [1.29, 1.82) is 0 Å². The zero-order valence-electron chi connectivity index (χ0n) is 22.3. The topological polar surface area (TPSA) is 56.5 Å². The SMILES string of the molecule is c1ccc(-c2ccc(-c3nc(-n4c5ccccc5c5ccc6sc7cncnc7c6c54)nc4ccccc34)cc2)cc1. The number of fused-ring (bicyclic) bond motifs is 8. The van der Waals surface area contributed by atoms with Crippen molar-refractivity contribution in [3.8, 4) is 28.3 Å². The highest BCUT2D eigenvalue weighted by Gasteiger charge is 2.21. The molecule has 0 fully saturated rings. The molecule has 0 saturated heterocycles. The van der Waals surface area contributed by atoms with E-state index in [9.17, 15) is 0 Å². The summed E-state index contributed by atoms with van der Waals surface area (Å²) in [7, 11) is 0. The summed E-state index contributed by atoms with van der Waals surface area (Å²) in [6.45, 7) is 0. The van der Waals surface area contributed by atoms with Gasteiger partial charge in [-0.3, -0.25) is 4.57 Å². The Kier molecular flexibility index (Phi) is 5.00. The van der Waals surface area contributed by atoms with Crippen LogP contribution in [0.4, 0.5) is 0 Å². The fraction of sp³-hybridized carbons (Fsp3) is 0. The van der Waals surface area contributed by atoms with E-state index < -0.39 is 0 Å². The van der Waals surface area contributed by atoms with Crippen molar-refractivity contribution in [3.63, 3.8) is 0 Å². The fourth-order valence-electron chi connectivity index (χ4n) is 6.09. The van der Waals surface area contributed by atoms with E-state index >= 15 is 0 Å². The van der Waals surface area contributed by atoms with Gasteiger partial charge in [0, 0.05) is 38.0 Å². The second kappa shape index (κ2) is 9.03. The fourth-order valence-corrected chi connectivity index (χ4v) is 7.13. The number of thiophene rings is 1. The van der Waals surface area contributed by atoms with Crippen LogP contribution in [0.25, 0.3) is 81.3 Å². The summed E-state index contributed by atoms with van der Waals surface area (Å²) < 4.78 is 4.45. The van der Waals surface area contributed by atoms with Gasteiger partial charge in [-0.05, 0) is 29.3 Å². The number of aromatic nitrogens is 5. The largest absolute Gasteiger partial charge is 0.277 e. The van der Waals surface area contributed by atoms with Crippen LogP contribution in [0.2, 0.25) is 0 Å². The maximum atomic E-state index is 5.31. The number of benzene rings is 5.